The van der Waals surface area contributed by atoms with Crippen molar-refractivity contribution in [3.05, 3.63) is 108 Å². The Morgan fingerprint density at radius 1 is 1.10 bits per heavy atom. The average molecular weight is 543 g/mol. The molecule has 4 rings (SSSR count). The highest BCUT2D eigenvalue weighted by atomic mass is 16.5. The van der Waals surface area contributed by atoms with Crippen molar-refractivity contribution in [2.75, 3.05) is 18.1 Å². The van der Waals surface area contributed by atoms with Crippen LogP contribution in [0.3, 0.4) is 0 Å². The van der Waals surface area contributed by atoms with Crippen molar-refractivity contribution >= 4 is 23.1 Å². The van der Waals surface area contributed by atoms with Crippen LogP contribution in [0, 0.1) is 12.8 Å². The quantitative estimate of drug-likeness (QED) is 0.210. The highest BCUT2D eigenvalue weighted by Gasteiger charge is 2.37. The van der Waals surface area contributed by atoms with Crippen LogP contribution in [0.15, 0.2) is 84.3 Å². The molecule has 6 nitrogen and oxygen atoms in total. The van der Waals surface area contributed by atoms with Gasteiger partial charge in [0.25, 0.3) is 5.91 Å². The molecule has 0 saturated heterocycles. The van der Waals surface area contributed by atoms with Crippen LogP contribution in [-0.2, 0) is 16.1 Å². The first-order chi connectivity index (χ1) is 19.3. The van der Waals surface area contributed by atoms with E-state index < -0.39 is 0 Å². The number of ether oxygens (including phenoxy) is 1. The molecule has 2 aromatic carbocycles. The molecule has 6 heteroatoms. The lowest BCUT2D eigenvalue weighted by atomic mass is 9.76. The first-order valence-corrected chi connectivity index (χ1v) is 14.0. The van der Waals surface area contributed by atoms with Gasteiger partial charge in [0, 0.05) is 36.2 Å². The first kappa shape index (κ1) is 30.5. The van der Waals surface area contributed by atoms with Crippen molar-refractivity contribution in [3.8, 4) is 0 Å². The van der Waals surface area contributed by atoms with E-state index >= 15 is 0 Å². The minimum absolute atomic E-state index is 0.0991. The van der Waals surface area contributed by atoms with Crippen LogP contribution in [0.1, 0.15) is 79.1 Å². The van der Waals surface area contributed by atoms with Gasteiger partial charge in [-0.2, -0.15) is 0 Å². The third-order valence-corrected chi connectivity index (χ3v) is 7.05. The van der Waals surface area contributed by atoms with Crippen molar-refractivity contribution in [1.29, 1.82) is 0 Å². The average Bonchev–Trinajstić information content (AvgIpc) is 3.39. The minimum Gasteiger partial charge on any atom is -0.465 e. The van der Waals surface area contributed by atoms with E-state index in [4.69, 9.17) is 4.42 Å². The van der Waals surface area contributed by atoms with E-state index in [0.29, 0.717) is 24.6 Å². The third kappa shape index (κ3) is 7.75. The minimum atomic E-state index is -0.264. The Labute approximate surface area is 238 Å². The van der Waals surface area contributed by atoms with E-state index in [1.54, 1.807) is 0 Å². The molecule has 40 heavy (non-hydrogen) atoms. The number of benzene rings is 2. The van der Waals surface area contributed by atoms with Gasteiger partial charge in [-0.25, -0.2) is 0 Å². The van der Waals surface area contributed by atoms with E-state index in [2.05, 4.69) is 78.4 Å². The number of rotatable bonds is 10. The lowest BCUT2D eigenvalue weighted by Crippen LogP contribution is -2.38. The van der Waals surface area contributed by atoms with E-state index in [-0.39, 0.29) is 17.9 Å². The van der Waals surface area contributed by atoms with Gasteiger partial charge in [-0.3, -0.25) is 9.59 Å². The van der Waals surface area contributed by atoms with Crippen molar-refractivity contribution in [2.45, 2.75) is 59.5 Å². The number of esters is 1. The van der Waals surface area contributed by atoms with Crippen LogP contribution in [0.25, 0.3) is 5.57 Å². The van der Waals surface area contributed by atoms with Gasteiger partial charge in [0.2, 0.25) is 0 Å². The van der Waals surface area contributed by atoms with Gasteiger partial charge in [0.15, 0.2) is 0 Å². The molecule has 1 amide bonds. The van der Waals surface area contributed by atoms with Gasteiger partial charge in [0.05, 0.1) is 12.6 Å². The molecule has 1 aromatic heterocycles. The summed E-state index contributed by atoms with van der Waals surface area (Å²) in [6.45, 7) is 17.2. The molecular weight excluding hydrogens is 500 g/mol. The summed E-state index contributed by atoms with van der Waals surface area (Å²) in [5.41, 5.74) is 5.35. The van der Waals surface area contributed by atoms with Crippen molar-refractivity contribution in [3.63, 3.8) is 0 Å². The maximum atomic E-state index is 12.9. The zero-order chi connectivity index (χ0) is 29.1. The van der Waals surface area contributed by atoms with Gasteiger partial charge >= 0.3 is 5.97 Å². The fourth-order valence-electron chi connectivity index (χ4n) is 5.15. The molecule has 1 N–H and O–H groups in total. The molecule has 0 bridgehead atoms. The van der Waals surface area contributed by atoms with E-state index in [1.165, 1.54) is 18.6 Å². The smallest absolute Gasteiger partial charge is 0.302 e. The van der Waals surface area contributed by atoms with Gasteiger partial charge in [-0.05, 0) is 61.7 Å². The van der Waals surface area contributed by atoms with E-state index in [1.807, 2.05) is 31.2 Å². The molecule has 212 valence electrons. The Hall–Kier alpha value is -4.06. The first-order valence-electron chi connectivity index (χ1n) is 14.0. The summed E-state index contributed by atoms with van der Waals surface area (Å²) in [6.07, 6.45) is 4.92. The lowest BCUT2D eigenvalue weighted by Gasteiger charge is -2.45. The highest BCUT2D eigenvalue weighted by molar-refractivity contribution is 5.96. The van der Waals surface area contributed by atoms with Crippen LogP contribution in [0.2, 0.25) is 0 Å². The van der Waals surface area contributed by atoms with Crippen LogP contribution in [0.4, 0.5) is 5.69 Å². The number of unbranched alkanes of at least 4 members (excludes halogenated alkanes) is 1. The van der Waals surface area contributed by atoms with Crippen LogP contribution in [-0.4, -0.2) is 25.0 Å². The second-order valence-electron chi connectivity index (χ2n) is 9.93. The van der Waals surface area contributed by atoms with E-state index in [9.17, 15) is 9.59 Å². The lowest BCUT2D eigenvalue weighted by molar-refractivity contribution is -0.139. The number of amides is 1. The Morgan fingerprint density at radius 2 is 1.85 bits per heavy atom. The summed E-state index contributed by atoms with van der Waals surface area (Å²) in [4.78, 5) is 25.3. The second kappa shape index (κ2) is 14.9. The molecule has 1 aliphatic heterocycles. The maximum absolute atomic E-state index is 12.9. The molecule has 0 saturated carbocycles. The summed E-state index contributed by atoms with van der Waals surface area (Å²) in [7, 11) is 0. The molecule has 0 radical (unpaired) electrons. The molecule has 2 unspecified atom stereocenters. The SMILES string of the molecule is C=C1c2cc(C(=O)NCc3ccc(C)o3)ccc2N(CC)C(c2ccccc2)C1CCCC.C=CCOC(C)=O. The third-order valence-electron chi connectivity index (χ3n) is 7.05. The number of hydrogen-bond donors (Lipinski definition) is 1. The largest absolute Gasteiger partial charge is 0.465 e. The molecular formula is C34H42N2O4. The van der Waals surface area contributed by atoms with Crippen molar-refractivity contribution in [2.24, 2.45) is 5.92 Å². The molecule has 0 aliphatic carbocycles. The number of fused-ring (bicyclic) bond motifs is 1. The Balaban J connectivity index is 0.000000559. The maximum Gasteiger partial charge on any atom is 0.302 e. The van der Waals surface area contributed by atoms with Crippen LogP contribution < -0.4 is 10.2 Å². The van der Waals surface area contributed by atoms with Gasteiger partial charge < -0.3 is 19.4 Å². The Kier molecular flexibility index (Phi) is 11.4. The molecule has 1 aliphatic rings. The zero-order valence-electron chi connectivity index (χ0n) is 24.2. The normalized spacial score (nSPS) is 15.9. The van der Waals surface area contributed by atoms with Crippen molar-refractivity contribution < 1.29 is 18.7 Å². The fourth-order valence-corrected chi connectivity index (χ4v) is 5.15. The molecule has 3 aromatic rings. The second-order valence-corrected chi connectivity index (χ2v) is 9.93. The summed E-state index contributed by atoms with van der Waals surface area (Å²) < 4.78 is 10.0. The number of hydrogen-bond acceptors (Lipinski definition) is 5. The zero-order valence-corrected chi connectivity index (χ0v) is 24.2. The number of nitrogens with zero attached hydrogens (tertiary/aromatic N) is 1. The van der Waals surface area contributed by atoms with E-state index in [0.717, 1.165) is 54.2 Å². The summed E-state index contributed by atoms with van der Waals surface area (Å²) in [5.74, 6) is 1.54. The summed E-state index contributed by atoms with van der Waals surface area (Å²) >= 11 is 0. The molecule has 2 heterocycles. The molecule has 0 spiro atoms. The van der Waals surface area contributed by atoms with Crippen LogP contribution >= 0.6 is 0 Å². The number of nitrogens with one attached hydrogen (secondary N) is 1. The Morgan fingerprint density at radius 3 is 2.42 bits per heavy atom. The molecule has 0 fully saturated rings. The number of carbonyl (C=O) groups excluding carboxylic acids is 2. The van der Waals surface area contributed by atoms with Gasteiger partial charge in [-0.15, -0.1) is 0 Å². The Bertz CT molecular complexity index is 1290. The number of anilines is 1. The van der Waals surface area contributed by atoms with Crippen molar-refractivity contribution in [1.82, 2.24) is 5.32 Å². The van der Waals surface area contributed by atoms with Gasteiger partial charge in [0.1, 0.15) is 18.1 Å². The van der Waals surface area contributed by atoms with Crippen LogP contribution in [0.5, 0.6) is 0 Å². The fraction of sp³-hybridized carbons (Fsp3) is 0.353. The summed E-state index contributed by atoms with van der Waals surface area (Å²) in [6, 6.07) is 20.8. The predicted octanol–water partition coefficient (Wildman–Crippen LogP) is 7.65. The number of furan rings is 1. The topological polar surface area (TPSA) is 71.8 Å². The molecule has 2 atom stereocenters. The number of aryl methyl sites for hydroxylation is 1. The number of carbonyl (C=O) groups is 2. The highest BCUT2D eigenvalue weighted by Crippen LogP contribution is 2.49. The monoisotopic (exact) mass is 542 g/mol. The predicted molar refractivity (Wildman–Crippen MR) is 162 cm³/mol. The summed E-state index contributed by atoms with van der Waals surface area (Å²) in [5, 5.41) is 2.98. The standard InChI is InChI=1S/C29H34N2O2.C5H8O2/c1-5-7-13-25-21(4)26-18-23(29(32)30-19-24-16-14-20(3)33-24)15-17-27(26)31(6-2)28(25)22-11-9-8-10-12-22;1-3-4-7-5(2)6/h8-12,14-18,25,28H,4-7,13,19H2,1-3H3,(H,30,32);3H,1,4H2,2H3. The van der Waals surface area contributed by atoms with Gasteiger partial charge in [-0.1, -0.05) is 69.3 Å².